The molecule has 254 valence electrons. The van der Waals surface area contributed by atoms with Gasteiger partial charge < -0.3 is 62.6 Å². The number of rotatable bonds is 39. The molecule has 0 rings (SSSR count). The van der Waals surface area contributed by atoms with Crippen LogP contribution in [0.5, 0.6) is 0 Å². The van der Waals surface area contributed by atoms with Gasteiger partial charge in [0.1, 0.15) is 0 Å². The molecule has 0 saturated carbocycles. The van der Waals surface area contributed by atoms with Crippen LogP contribution in [0.15, 0.2) is 0 Å². The van der Waals surface area contributed by atoms with E-state index in [-0.39, 0.29) is 6.61 Å². The van der Waals surface area contributed by atoms with E-state index in [4.69, 9.17) is 67.8 Å². The van der Waals surface area contributed by atoms with Gasteiger partial charge in [-0.05, 0) is 6.42 Å². The highest BCUT2D eigenvalue weighted by molar-refractivity contribution is 4.39. The lowest BCUT2D eigenvalue weighted by Crippen LogP contribution is -2.15. The minimum Gasteiger partial charge on any atom is -0.379 e. The summed E-state index contributed by atoms with van der Waals surface area (Å²) in [5, 5.41) is 8.17. The first-order valence-electron chi connectivity index (χ1n) is 14.8. The average molecular weight is 620 g/mol. The van der Waals surface area contributed by atoms with Crippen LogP contribution in [0.2, 0.25) is 0 Å². The van der Waals surface area contributed by atoms with Gasteiger partial charge in [0.05, 0.1) is 159 Å². The Bertz CT molecular complexity index is 431. The molecule has 0 aliphatic rings. The minimum absolute atomic E-state index is 0.272. The lowest BCUT2D eigenvalue weighted by Gasteiger charge is -2.09. The molecule has 15 nitrogen and oxygen atoms in total. The molecule has 0 aliphatic carbocycles. The molecule has 0 aromatic rings. The summed E-state index contributed by atoms with van der Waals surface area (Å²) in [4.78, 5) is 3.95. The predicted octanol–water partition coefficient (Wildman–Crippen LogP) is 0.0240. The quantitative estimate of drug-likeness (QED) is 0.0537. The second-order valence-electron chi connectivity index (χ2n) is 8.32. The Balaban J connectivity index is 3.02. The van der Waals surface area contributed by atoms with Crippen molar-refractivity contribution in [2.75, 3.05) is 172 Å². The molecule has 0 heterocycles. The highest BCUT2D eigenvalue weighted by atomic mass is 17.1. The largest absolute Gasteiger partial charge is 0.379 e. The lowest BCUT2D eigenvalue weighted by atomic mass is 10.5. The van der Waals surface area contributed by atoms with Crippen molar-refractivity contribution in [1.29, 1.82) is 0 Å². The third-order valence-corrected chi connectivity index (χ3v) is 4.88. The van der Waals surface area contributed by atoms with E-state index in [0.717, 1.165) is 0 Å². The van der Waals surface area contributed by atoms with Crippen LogP contribution in [0.4, 0.5) is 0 Å². The Hall–Kier alpha value is -0.600. The minimum atomic E-state index is 0.272. The normalized spacial score (nSPS) is 11.6. The molecule has 0 aromatic carbocycles. The molecular formula is C27H57NO14. The predicted molar refractivity (Wildman–Crippen MR) is 152 cm³/mol. The molecule has 0 atom stereocenters. The number of ether oxygens (including phenoxy) is 12. The smallest absolute Gasteiger partial charge is 0.0841 e. The molecule has 0 radical (unpaired) electrons. The van der Waals surface area contributed by atoms with E-state index in [1.165, 1.54) is 0 Å². The zero-order chi connectivity index (χ0) is 30.3. The van der Waals surface area contributed by atoms with Crippen LogP contribution in [0, 0.1) is 0 Å². The summed E-state index contributed by atoms with van der Waals surface area (Å²) < 4.78 is 64.8. The first kappa shape index (κ1) is 41.4. The van der Waals surface area contributed by atoms with Crippen molar-refractivity contribution in [3.05, 3.63) is 0 Å². The Labute approximate surface area is 251 Å². The summed E-state index contributed by atoms with van der Waals surface area (Å²) in [7, 11) is 0. The second kappa shape index (κ2) is 40.4. The first-order chi connectivity index (χ1) is 20.9. The van der Waals surface area contributed by atoms with Gasteiger partial charge in [0.15, 0.2) is 0 Å². The van der Waals surface area contributed by atoms with Gasteiger partial charge in [-0.2, -0.15) is 0 Å². The Morgan fingerprint density at radius 1 is 0.262 bits per heavy atom. The number of hydrogen-bond donors (Lipinski definition) is 2. The van der Waals surface area contributed by atoms with E-state index >= 15 is 0 Å². The van der Waals surface area contributed by atoms with Crippen LogP contribution in [0.25, 0.3) is 0 Å². The fourth-order valence-corrected chi connectivity index (χ4v) is 2.83. The maximum Gasteiger partial charge on any atom is 0.0841 e. The second-order valence-corrected chi connectivity index (χ2v) is 8.32. The van der Waals surface area contributed by atoms with Crippen molar-refractivity contribution < 1.29 is 67.0 Å². The fraction of sp³-hybridized carbons (Fsp3) is 1.00. The van der Waals surface area contributed by atoms with Gasteiger partial charge in [-0.25, -0.2) is 4.89 Å². The molecular weight excluding hydrogens is 562 g/mol. The Morgan fingerprint density at radius 2 is 0.452 bits per heavy atom. The maximum absolute atomic E-state index is 8.17. The topological polar surface area (TPSA) is 166 Å². The monoisotopic (exact) mass is 619 g/mol. The summed E-state index contributed by atoms with van der Waals surface area (Å²) in [5.41, 5.74) is 5.32. The molecule has 0 spiro atoms. The lowest BCUT2D eigenvalue weighted by molar-refractivity contribution is -0.244. The molecule has 3 N–H and O–H groups in total. The van der Waals surface area contributed by atoms with Crippen molar-refractivity contribution in [3.8, 4) is 0 Å². The van der Waals surface area contributed by atoms with E-state index < -0.39 is 0 Å². The van der Waals surface area contributed by atoms with Crippen LogP contribution in [0.1, 0.15) is 6.42 Å². The molecule has 0 amide bonds. The summed E-state index contributed by atoms with van der Waals surface area (Å²) in [6.07, 6.45) is 0.647. The molecule has 0 aromatic heterocycles. The Morgan fingerprint density at radius 3 is 0.643 bits per heavy atom. The van der Waals surface area contributed by atoms with Crippen molar-refractivity contribution in [1.82, 2.24) is 0 Å². The van der Waals surface area contributed by atoms with Gasteiger partial charge in [0.25, 0.3) is 0 Å². The van der Waals surface area contributed by atoms with E-state index in [1.807, 2.05) is 0 Å². The highest BCUT2D eigenvalue weighted by Crippen LogP contribution is 1.88. The van der Waals surface area contributed by atoms with Crippen molar-refractivity contribution >= 4 is 0 Å². The van der Waals surface area contributed by atoms with Gasteiger partial charge in [0.2, 0.25) is 0 Å². The molecule has 0 bridgehead atoms. The fourth-order valence-electron chi connectivity index (χ4n) is 2.83. The number of hydrogen-bond acceptors (Lipinski definition) is 15. The summed E-state index contributed by atoms with van der Waals surface area (Å²) in [5.74, 6) is 0. The van der Waals surface area contributed by atoms with Crippen molar-refractivity contribution in [2.24, 2.45) is 5.73 Å². The zero-order valence-electron chi connectivity index (χ0n) is 25.4. The molecule has 0 unspecified atom stereocenters. The molecule has 15 heteroatoms. The standard InChI is InChI=1S/C27H57NO14/c28-2-5-31-7-9-33-11-13-35-15-17-37-19-21-39-23-25-41-27-26-40-24-22-38-20-18-36-16-14-34-12-10-32-8-6-30-3-1-4-42-29/h29H,1-28H2. The van der Waals surface area contributed by atoms with Crippen molar-refractivity contribution in [2.45, 2.75) is 6.42 Å². The van der Waals surface area contributed by atoms with E-state index in [2.05, 4.69) is 4.89 Å². The van der Waals surface area contributed by atoms with Crippen LogP contribution in [-0.4, -0.2) is 177 Å². The van der Waals surface area contributed by atoms with Crippen LogP contribution in [-0.2, 0) is 61.7 Å². The van der Waals surface area contributed by atoms with Gasteiger partial charge in [-0.3, -0.25) is 5.26 Å². The SMILES string of the molecule is NCCOCCOCCOCCOCCOCCOCCOCCOCCOCCOCCOCCOCCCOO. The Kier molecular flexibility index (Phi) is 39.8. The van der Waals surface area contributed by atoms with Gasteiger partial charge in [0, 0.05) is 13.2 Å². The van der Waals surface area contributed by atoms with E-state index in [0.29, 0.717) is 172 Å². The van der Waals surface area contributed by atoms with Crippen molar-refractivity contribution in [3.63, 3.8) is 0 Å². The summed E-state index contributed by atoms with van der Waals surface area (Å²) >= 11 is 0. The highest BCUT2D eigenvalue weighted by Gasteiger charge is 1.96. The van der Waals surface area contributed by atoms with E-state index in [9.17, 15) is 0 Å². The molecule has 0 fully saturated rings. The van der Waals surface area contributed by atoms with Crippen LogP contribution in [0.3, 0.4) is 0 Å². The van der Waals surface area contributed by atoms with Crippen LogP contribution < -0.4 is 5.73 Å². The molecule has 42 heavy (non-hydrogen) atoms. The van der Waals surface area contributed by atoms with Gasteiger partial charge >= 0.3 is 0 Å². The van der Waals surface area contributed by atoms with Crippen LogP contribution >= 0.6 is 0 Å². The van der Waals surface area contributed by atoms with Gasteiger partial charge in [-0.15, -0.1) is 0 Å². The van der Waals surface area contributed by atoms with Gasteiger partial charge in [-0.1, -0.05) is 0 Å². The van der Waals surface area contributed by atoms with E-state index in [1.54, 1.807) is 0 Å². The third-order valence-electron chi connectivity index (χ3n) is 4.88. The zero-order valence-corrected chi connectivity index (χ0v) is 25.4. The summed E-state index contributed by atoms with van der Waals surface area (Å²) in [6.45, 7) is 13.1. The summed E-state index contributed by atoms with van der Waals surface area (Å²) in [6, 6.07) is 0. The third kappa shape index (κ3) is 39.4. The average Bonchev–Trinajstić information content (AvgIpc) is 3.00. The molecule has 0 aliphatic heterocycles. The number of nitrogens with two attached hydrogens (primary N) is 1. The first-order valence-corrected chi connectivity index (χ1v) is 14.8. The molecule has 0 saturated heterocycles. The maximum atomic E-state index is 8.17.